The minimum atomic E-state index is -3.52. The molecule has 0 spiro atoms. The van der Waals surface area contributed by atoms with Crippen LogP contribution in [0.5, 0.6) is 0 Å². The number of aromatic nitrogens is 1. The zero-order valence-electron chi connectivity index (χ0n) is 12.1. The fourth-order valence-corrected chi connectivity index (χ4v) is 2.93. The second-order valence-corrected chi connectivity index (χ2v) is 8.21. The average molecular weight is 318 g/mol. The maximum Gasteiger partial charge on any atom is 0.497 e. The number of pyridine rings is 1. The third kappa shape index (κ3) is 2.72. The molecule has 0 N–H and O–H groups in total. The average Bonchev–Trinajstić information content (AvgIpc) is 2.46. The van der Waals surface area contributed by atoms with Crippen molar-refractivity contribution in [3.8, 4) is 0 Å². The van der Waals surface area contributed by atoms with Gasteiger partial charge in [-0.2, -0.15) is 0 Å². The van der Waals surface area contributed by atoms with Gasteiger partial charge in [-0.1, -0.05) is 17.7 Å². The summed E-state index contributed by atoms with van der Waals surface area (Å²) in [6.07, 6.45) is 1.08. The number of rotatable bonds is 2. The molecule has 1 aliphatic heterocycles. The van der Waals surface area contributed by atoms with Gasteiger partial charge in [-0.25, -0.2) is 13.4 Å². The van der Waals surface area contributed by atoms with E-state index in [4.69, 9.17) is 20.9 Å². The minimum absolute atomic E-state index is 0.108. The zero-order chi connectivity index (χ0) is 15.3. The van der Waals surface area contributed by atoms with Crippen molar-refractivity contribution < 1.29 is 17.7 Å². The van der Waals surface area contributed by atoms with Crippen molar-refractivity contribution in [3.05, 3.63) is 17.3 Å². The van der Waals surface area contributed by atoms with E-state index in [0.29, 0.717) is 5.46 Å². The highest BCUT2D eigenvalue weighted by Gasteiger charge is 2.52. The first-order chi connectivity index (χ1) is 8.94. The summed E-state index contributed by atoms with van der Waals surface area (Å²) in [6, 6.07) is 3.10. The molecule has 2 rings (SSSR count). The number of nitrogens with zero attached hydrogens (tertiary/aromatic N) is 1. The zero-order valence-corrected chi connectivity index (χ0v) is 13.7. The van der Waals surface area contributed by atoms with Gasteiger partial charge in [0.25, 0.3) is 0 Å². The van der Waals surface area contributed by atoms with Gasteiger partial charge in [-0.05, 0) is 33.8 Å². The molecule has 20 heavy (non-hydrogen) atoms. The molecule has 0 saturated carbocycles. The molecule has 1 saturated heterocycles. The van der Waals surface area contributed by atoms with Crippen molar-refractivity contribution in [2.24, 2.45) is 0 Å². The molecular formula is C12H17BClNO4S. The predicted octanol–water partition coefficient (Wildman–Crippen LogP) is 1.44. The Morgan fingerprint density at radius 3 is 2.10 bits per heavy atom. The summed E-state index contributed by atoms with van der Waals surface area (Å²) in [6.45, 7) is 7.60. The molecule has 110 valence electrons. The van der Waals surface area contributed by atoms with Gasteiger partial charge in [-0.15, -0.1) is 0 Å². The Morgan fingerprint density at radius 1 is 1.15 bits per heavy atom. The summed E-state index contributed by atoms with van der Waals surface area (Å²) >= 11 is 5.78. The summed E-state index contributed by atoms with van der Waals surface area (Å²) < 4.78 is 35.4. The first-order valence-corrected chi connectivity index (χ1v) is 8.43. The monoisotopic (exact) mass is 317 g/mol. The maximum atomic E-state index is 11.9. The Morgan fingerprint density at radius 2 is 1.65 bits per heavy atom. The van der Waals surface area contributed by atoms with Crippen LogP contribution in [0.4, 0.5) is 0 Å². The van der Waals surface area contributed by atoms with Crippen LogP contribution in [0.3, 0.4) is 0 Å². The Balaban J connectivity index is 2.51. The normalized spacial score (nSPS) is 21.2. The van der Waals surface area contributed by atoms with Crippen molar-refractivity contribution in [3.63, 3.8) is 0 Å². The maximum absolute atomic E-state index is 11.9. The highest BCUT2D eigenvalue weighted by molar-refractivity contribution is 7.90. The number of hydrogen-bond donors (Lipinski definition) is 0. The lowest BCUT2D eigenvalue weighted by atomic mass is 9.80. The molecule has 0 unspecified atom stereocenters. The third-order valence-electron chi connectivity index (χ3n) is 3.71. The van der Waals surface area contributed by atoms with E-state index in [0.717, 1.165) is 6.26 Å². The lowest BCUT2D eigenvalue weighted by Crippen LogP contribution is -2.41. The van der Waals surface area contributed by atoms with Crippen LogP contribution in [-0.2, 0) is 19.1 Å². The molecular weight excluding hydrogens is 300 g/mol. The molecule has 0 radical (unpaired) electrons. The second-order valence-electron chi connectivity index (χ2n) is 5.89. The van der Waals surface area contributed by atoms with Gasteiger partial charge in [-0.3, -0.25) is 0 Å². The van der Waals surface area contributed by atoms with Gasteiger partial charge in [0.1, 0.15) is 5.15 Å². The van der Waals surface area contributed by atoms with Crippen LogP contribution in [0, 0.1) is 0 Å². The van der Waals surface area contributed by atoms with Crippen molar-refractivity contribution in [2.75, 3.05) is 6.26 Å². The molecule has 1 fully saturated rings. The van der Waals surface area contributed by atoms with Gasteiger partial charge >= 0.3 is 7.12 Å². The van der Waals surface area contributed by atoms with Crippen LogP contribution in [0.25, 0.3) is 0 Å². The van der Waals surface area contributed by atoms with Crippen LogP contribution in [0.1, 0.15) is 27.7 Å². The molecule has 0 amide bonds. The van der Waals surface area contributed by atoms with Crippen LogP contribution in [-0.4, -0.2) is 38.0 Å². The third-order valence-corrected chi connectivity index (χ3v) is 4.95. The highest BCUT2D eigenvalue weighted by atomic mass is 35.5. The fraction of sp³-hybridized carbons (Fsp3) is 0.583. The molecule has 5 nitrogen and oxygen atoms in total. The van der Waals surface area contributed by atoms with Crippen molar-refractivity contribution in [2.45, 2.75) is 43.9 Å². The number of sulfone groups is 1. The van der Waals surface area contributed by atoms with E-state index in [1.807, 2.05) is 27.7 Å². The van der Waals surface area contributed by atoms with Gasteiger partial charge in [0.05, 0.1) is 11.2 Å². The molecule has 1 aromatic heterocycles. The first kappa shape index (κ1) is 15.8. The van der Waals surface area contributed by atoms with Crippen LogP contribution in [0.2, 0.25) is 5.15 Å². The van der Waals surface area contributed by atoms with E-state index < -0.39 is 28.2 Å². The topological polar surface area (TPSA) is 65.5 Å². The van der Waals surface area contributed by atoms with Gasteiger partial charge < -0.3 is 9.31 Å². The molecule has 0 bridgehead atoms. The van der Waals surface area contributed by atoms with Gasteiger partial charge in [0, 0.05) is 11.7 Å². The molecule has 0 aromatic carbocycles. The molecule has 0 aliphatic carbocycles. The molecule has 0 atom stereocenters. The van der Waals surface area contributed by atoms with E-state index in [-0.39, 0.29) is 10.2 Å². The van der Waals surface area contributed by atoms with Crippen LogP contribution in [0.15, 0.2) is 17.2 Å². The summed E-state index contributed by atoms with van der Waals surface area (Å²) in [7, 11) is -4.31. The largest absolute Gasteiger partial charge is 0.497 e. The predicted molar refractivity (Wildman–Crippen MR) is 78.1 cm³/mol. The van der Waals surface area contributed by atoms with Crippen molar-refractivity contribution in [1.29, 1.82) is 0 Å². The highest BCUT2D eigenvalue weighted by Crippen LogP contribution is 2.36. The summed E-state index contributed by atoms with van der Waals surface area (Å²) in [5.74, 6) is 0. The SMILES string of the molecule is CC1(C)OB(c2ccc(Cl)nc2S(C)(=O)=O)OC1(C)C. The van der Waals surface area contributed by atoms with E-state index in [1.165, 1.54) is 6.07 Å². The molecule has 1 aromatic rings. The number of hydrogen-bond acceptors (Lipinski definition) is 5. The Kier molecular flexibility index (Phi) is 3.70. The second kappa shape index (κ2) is 4.69. The first-order valence-electron chi connectivity index (χ1n) is 6.16. The van der Waals surface area contributed by atoms with Crippen LogP contribution >= 0.6 is 11.6 Å². The van der Waals surface area contributed by atoms with E-state index in [9.17, 15) is 8.42 Å². The van der Waals surface area contributed by atoms with Crippen molar-refractivity contribution >= 4 is 34.0 Å². The summed E-state index contributed by atoms with van der Waals surface area (Å²) in [4.78, 5) is 3.90. The molecule has 8 heteroatoms. The lowest BCUT2D eigenvalue weighted by Gasteiger charge is -2.32. The fourth-order valence-electron chi connectivity index (χ4n) is 1.88. The van der Waals surface area contributed by atoms with Crippen LogP contribution < -0.4 is 5.46 Å². The van der Waals surface area contributed by atoms with E-state index >= 15 is 0 Å². The summed E-state index contributed by atoms with van der Waals surface area (Å²) in [5, 5.41) is 0.00851. The van der Waals surface area contributed by atoms with E-state index in [1.54, 1.807) is 6.07 Å². The lowest BCUT2D eigenvalue weighted by molar-refractivity contribution is 0.00578. The number of halogens is 1. The van der Waals surface area contributed by atoms with Gasteiger partial charge in [0.2, 0.25) is 0 Å². The van der Waals surface area contributed by atoms with E-state index in [2.05, 4.69) is 4.98 Å². The smallest absolute Gasteiger partial charge is 0.399 e. The standard InChI is InChI=1S/C12H17BClNO4S/c1-11(2)12(3,4)19-13(18-11)8-6-7-9(14)15-10(8)20(5,16)17/h6-7H,1-5H3. The molecule has 2 heterocycles. The van der Waals surface area contributed by atoms with Gasteiger partial charge in [0.15, 0.2) is 14.9 Å². The minimum Gasteiger partial charge on any atom is -0.399 e. The Hall–Kier alpha value is -0.625. The summed E-state index contributed by atoms with van der Waals surface area (Å²) in [5.41, 5.74) is -0.728. The Bertz CT molecular complexity index is 629. The Labute approximate surface area is 124 Å². The molecule has 1 aliphatic rings. The quantitative estimate of drug-likeness (QED) is 0.610. The van der Waals surface area contributed by atoms with Crippen molar-refractivity contribution in [1.82, 2.24) is 4.98 Å².